The van der Waals surface area contributed by atoms with Gasteiger partial charge in [-0.3, -0.25) is 4.79 Å². The van der Waals surface area contributed by atoms with E-state index in [1.807, 2.05) is 29.2 Å². The largest absolute Gasteiger partial charge is 0.305 e. The van der Waals surface area contributed by atoms with Crippen LogP contribution in [-0.4, -0.2) is 5.91 Å². The molecule has 0 N–H and O–H groups in total. The number of carbonyl (C=O) groups is 1. The number of amides is 1. The Hall–Kier alpha value is -2.14. The lowest BCUT2D eigenvalue weighted by Crippen LogP contribution is -2.38. The van der Waals surface area contributed by atoms with Gasteiger partial charge in [0.15, 0.2) is 0 Å². The summed E-state index contributed by atoms with van der Waals surface area (Å²) in [5, 5.41) is 1.83. The van der Waals surface area contributed by atoms with Gasteiger partial charge >= 0.3 is 0 Å². The molecule has 0 spiro atoms. The average Bonchev–Trinajstić information content (AvgIpc) is 2.68. The van der Waals surface area contributed by atoms with Crippen molar-refractivity contribution in [1.29, 1.82) is 0 Å². The van der Waals surface area contributed by atoms with E-state index in [-0.39, 0.29) is 11.9 Å². The lowest BCUT2D eigenvalue weighted by Gasteiger charge is -2.36. The van der Waals surface area contributed by atoms with Crippen LogP contribution in [0.2, 0.25) is 15.1 Å². The summed E-state index contributed by atoms with van der Waals surface area (Å²) in [6.45, 7) is 1.64. The second-order valence-corrected chi connectivity index (χ2v) is 8.54. The molecule has 3 aromatic carbocycles. The predicted octanol–water partition coefficient (Wildman–Crippen LogP) is 8.18. The summed E-state index contributed by atoms with van der Waals surface area (Å²) in [6.07, 6.45) is 2.27. The van der Waals surface area contributed by atoms with Crippen LogP contribution >= 0.6 is 34.8 Å². The van der Waals surface area contributed by atoms with Crippen molar-refractivity contribution in [3.05, 3.63) is 98.5 Å². The second-order valence-electron chi connectivity index (χ2n) is 7.26. The summed E-state index contributed by atoms with van der Waals surface area (Å²) in [7, 11) is 0. The molecule has 162 valence electrons. The van der Waals surface area contributed by atoms with Gasteiger partial charge in [-0.15, -0.1) is 0 Å². The van der Waals surface area contributed by atoms with E-state index in [1.54, 1.807) is 25.1 Å². The number of halogens is 5. The first-order chi connectivity index (χ1) is 14.7. The minimum atomic E-state index is -0.521. The Balaban J connectivity index is 0.000000254. The van der Waals surface area contributed by atoms with Crippen LogP contribution in [0.1, 0.15) is 36.4 Å². The fourth-order valence-electron chi connectivity index (χ4n) is 3.55. The maximum Gasteiger partial charge on any atom is 0.227 e. The Morgan fingerprint density at radius 3 is 2.06 bits per heavy atom. The standard InChI is InChI=1S/C17H14Cl3NO.C7H6F2/c18-11-4-7-13(8-5-11)21-16(2-1-3-17(21)22)14-9-6-12(19)10-15(14)20;1-5-2-6(8)4-7(9)3-5/h4-10,16H,1-3H2;2-4H,1H3. The quantitative estimate of drug-likeness (QED) is 0.360. The molecule has 1 aliphatic rings. The van der Waals surface area contributed by atoms with Crippen LogP contribution in [0.5, 0.6) is 0 Å². The average molecular weight is 483 g/mol. The summed E-state index contributed by atoms with van der Waals surface area (Å²) in [5.41, 5.74) is 2.37. The van der Waals surface area contributed by atoms with Crippen molar-refractivity contribution < 1.29 is 13.6 Å². The summed E-state index contributed by atoms with van der Waals surface area (Å²) < 4.78 is 24.4. The van der Waals surface area contributed by atoms with Gasteiger partial charge in [0.2, 0.25) is 5.91 Å². The van der Waals surface area contributed by atoms with Gasteiger partial charge in [-0.05, 0) is 79.4 Å². The molecule has 31 heavy (non-hydrogen) atoms. The van der Waals surface area contributed by atoms with Crippen molar-refractivity contribution >= 4 is 46.4 Å². The van der Waals surface area contributed by atoms with Gasteiger partial charge in [0, 0.05) is 33.2 Å². The normalized spacial score (nSPS) is 16.0. The lowest BCUT2D eigenvalue weighted by atomic mass is 9.94. The van der Waals surface area contributed by atoms with E-state index in [2.05, 4.69) is 0 Å². The molecule has 0 radical (unpaired) electrons. The molecule has 1 saturated heterocycles. The molecule has 7 heteroatoms. The molecule has 0 saturated carbocycles. The Morgan fingerprint density at radius 2 is 1.48 bits per heavy atom. The first-order valence-electron chi connectivity index (χ1n) is 9.70. The van der Waals surface area contributed by atoms with Crippen LogP contribution in [0.4, 0.5) is 14.5 Å². The van der Waals surface area contributed by atoms with E-state index in [1.165, 1.54) is 12.1 Å². The highest BCUT2D eigenvalue weighted by molar-refractivity contribution is 6.35. The molecular formula is C24H20Cl3F2NO. The van der Waals surface area contributed by atoms with E-state index < -0.39 is 11.6 Å². The number of nitrogens with zero attached hydrogens (tertiary/aromatic N) is 1. The fraction of sp³-hybridized carbons (Fsp3) is 0.208. The second kappa shape index (κ2) is 10.4. The third-order valence-corrected chi connectivity index (χ3v) is 5.70. The van der Waals surface area contributed by atoms with Gasteiger partial charge in [0.25, 0.3) is 0 Å². The van der Waals surface area contributed by atoms with E-state index in [4.69, 9.17) is 34.8 Å². The molecule has 1 heterocycles. The van der Waals surface area contributed by atoms with Crippen LogP contribution in [0, 0.1) is 18.6 Å². The number of rotatable bonds is 2. The van der Waals surface area contributed by atoms with Crippen LogP contribution in [0.15, 0.2) is 60.7 Å². The Kier molecular flexibility index (Phi) is 7.93. The molecule has 3 aromatic rings. The van der Waals surface area contributed by atoms with Gasteiger partial charge in [-0.2, -0.15) is 0 Å². The minimum absolute atomic E-state index is 0.0767. The van der Waals surface area contributed by atoms with Crippen LogP contribution in [0.3, 0.4) is 0 Å². The van der Waals surface area contributed by atoms with Crippen molar-refractivity contribution in [1.82, 2.24) is 0 Å². The SMILES string of the molecule is Cc1cc(F)cc(F)c1.O=C1CCCC(c2ccc(Cl)cc2Cl)N1c1ccc(Cl)cc1. The smallest absolute Gasteiger partial charge is 0.227 e. The van der Waals surface area contributed by atoms with Crippen LogP contribution in [-0.2, 0) is 4.79 Å². The number of hydrogen-bond acceptors (Lipinski definition) is 1. The van der Waals surface area contributed by atoms with Crippen LogP contribution in [0.25, 0.3) is 0 Å². The zero-order valence-electron chi connectivity index (χ0n) is 16.7. The fourth-order valence-corrected chi connectivity index (χ4v) is 4.21. The van der Waals surface area contributed by atoms with Gasteiger partial charge in [0.1, 0.15) is 11.6 Å². The first-order valence-corrected chi connectivity index (χ1v) is 10.8. The van der Waals surface area contributed by atoms with E-state index in [9.17, 15) is 13.6 Å². The lowest BCUT2D eigenvalue weighted by molar-refractivity contribution is -0.120. The van der Waals surface area contributed by atoms with Crippen molar-refractivity contribution in [2.24, 2.45) is 0 Å². The van der Waals surface area contributed by atoms with Gasteiger partial charge in [-0.1, -0.05) is 40.9 Å². The molecule has 4 rings (SSSR count). The highest BCUT2D eigenvalue weighted by Crippen LogP contribution is 2.39. The third-order valence-electron chi connectivity index (χ3n) is 4.88. The van der Waals surface area contributed by atoms with Gasteiger partial charge in [-0.25, -0.2) is 8.78 Å². The molecule has 2 nitrogen and oxygen atoms in total. The van der Waals surface area contributed by atoms with E-state index in [0.29, 0.717) is 27.1 Å². The molecule has 1 unspecified atom stereocenters. The minimum Gasteiger partial charge on any atom is -0.305 e. The molecule has 0 aromatic heterocycles. The molecule has 0 aliphatic carbocycles. The number of aryl methyl sites for hydroxylation is 1. The maximum absolute atomic E-state index is 12.5. The Labute approximate surface area is 195 Å². The summed E-state index contributed by atoms with van der Waals surface area (Å²) in [5.74, 6) is -0.940. The molecule has 0 bridgehead atoms. The third kappa shape index (κ3) is 6.19. The van der Waals surface area contributed by atoms with Gasteiger partial charge in [0.05, 0.1) is 6.04 Å². The monoisotopic (exact) mass is 481 g/mol. The predicted molar refractivity (Wildman–Crippen MR) is 123 cm³/mol. The number of benzene rings is 3. The molecule has 1 fully saturated rings. The number of carbonyl (C=O) groups excluding carboxylic acids is 1. The molecule has 1 atom stereocenters. The summed E-state index contributed by atoms with van der Waals surface area (Å²) in [6, 6.07) is 16.1. The zero-order chi connectivity index (χ0) is 22.5. The van der Waals surface area contributed by atoms with Crippen molar-refractivity contribution in [2.45, 2.75) is 32.2 Å². The molecular weight excluding hydrogens is 463 g/mol. The van der Waals surface area contributed by atoms with Crippen molar-refractivity contribution in [2.75, 3.05) is 4.90 Å². The number of anilines is 1. The highest BCUT2D eigenvalue weighted by Gasteiger charge is 2.31. The number of hydrogen-bond donors (Lipinski definition) is 0. The van der Waals surface area contributed by atoms with Crippen LogP contribution < -0.4 is 4.90 Å². The van der Waals surface area contributed by atoms with E-state index in [0.717, 1.165) is 30.2 Å². The van der Waals surface area contributed by atoms with Gasteiger partial charge < -0.3 is 4.90 Å². The Morgan fingerprint density at radius 1 is 0.871 bits per heavy atom. The highest BCUT2D eigenvalue weighted by atomic mass is 35.5. The van der Waals surface area contributed by atoms with E-state index >= 15 is 0 Å². The molecule has 1 amide bonds. The number of piperidine rings is 1. The molecule has 1 aliphatic heterocycles. The van der Waals surface area contributed by atoms with Crippen molar-refractivity contribution in [3.8, 4) is 0 Å². The maximum atomic E-state index is 12.5. The zero-order valence-corrected chi connectivity index (χ0v) is 19.0. The topological polar surface area (TPSA) is 20.3 Å². The Bertz CT molecular complexity index is 1020. The summed E-state index contributed by atoms with van der Waals surface area (Å²) in [4.78, 5) is 14.3. The summed E-state index contributed by atoms with van der Waals surface area (Å²) >= 11 is 18.3. The van der Waals surface area contributed by atoms with Crippen molar-refractivity contribution in [3.63, 3.8) is 0 Å². The first kappa shape index (κ1) is 23.5.